The van der Waals surface area contributed by atoms with E-state index in [9.17, 15) is 9.90 Å². The van der Waals surface area contributed by atoms with E-state index in [0.29, 0.717) is 12.3 Å². The van der Waals surface area contributed by atoms with Crippen molar-refractivity contribution in [2.45, 2.75) is 25.4 Å². The number of nitrogen functional groups attached to an aromatic ring is 2. The third kappa shape index (κ3) is 8.24. The second-order valence-corrected chi connectivity index (χ2v) is 6.88. The quantitative estimate of drug-likeness (QED) is 0.114. The third-order valence-corrected chi connectivity index (χ3v) is 4.33. The van der Waals surface area contributed by atoms with Gasteiger partial charge in [-0.25, -0.2) is 9.97 Å². The molecule has 168 valence electrons. The van der Waals surface area contributed by atoms with Crippen LogP contribution >= 0.6 is 11.6 Å². The number of anilines is 2. The molecular weight excluding hydrogens is 426 g/mol. The summed E-state index contributed by atoms with van der Waals surface area (Å²) in [5, 5.41) is 24.2. The van der Waals surface area contributed by atoms with Crippen molar-refractivity contribution >= 4 is 35.5 Å². The van der Waals surface area contributed by atoms with Crippen LogP contribution in [0, 0.1) is 0 Å². The molecule has 1 unspecified atom stereocenters. The van der Waals surface area contributed by atoms with Crippen molar-refractivity contribution in [3.05, 3.63) is 40.7 Å². The summed E-state index contributed by atoms with van der Waals surface area (Å²) < 4.78 is 5.36. The van der Waals surface area contributed by atoms with E-state index >= 15 is 0 Å². The monoisotopic (exact) mass is 451 g/mol. The van der Waals surface area contributed by atoms with Crippen LogP contribution in [-0.4, -0.2) is 58.3 Å². The van der Waals surface area contributed by atoms with Crippen LogP contribution in [0.5, 0.6) is 5.75 Å². The van der Waals surface area contributed by atoms with Crippen LogP contribution in [0.4, 0.5) is 11.6 Å². The molecule has 0 radical (unpaired) electrons. The highest BCUT2D eigenvalue weighted by Gasteiger charge is 2.14. The van der Waals surface area contributed by atoms with Crippen molar-refractivity contribution in [2.75, 3.05) is 31.2 Å². The summed E-state index contributed by atoms with van der Waals surface area (Å²) in [6.45, 7) is 0.350. The number of amides is 1. The predicted octanol–water partition coefficient (Wildman–Crippen LogP) is 0.312. The largest absolute Gasteiger partial charge is 0.491 e. The normalized spacial score (nSPS) is 12.0. The number of nitrogens with zero attached hydrogens (tertiary/aromatic N) is 3. The number of aliphatic hydroxyl groups excluding tert-OH is 2. The van der Waals surface area contributed by atoms with Crippen LogP contribution in [0.2, 0.25) is 5.15 Å². The van der Waals surface area contributed by atoms with Crippen molar-refractivity contribution in [3.8, 4) is 5.75 Å². The Labute approximate surface area is 184 Å². The lowest BCUT2D eigenvalue weighted by molar-refractivity contribution is 0.0536. The van der Waals surface area contributed by atoms with E-state index in [2.05, 4.69) is 25.8 Å². The molecule has 0 bridgehead atoms. The predicted molar refractivity (Wildman–Crippen MR) is 118 cm³/mol. The smallest absolute Gasteiger partial charge is 0.278 e. The van der Waals surface area contributed by atoms with Crippen LogP contribution in [0.15, 0.2) is 29.4 Å². The summed E-state index contributed by atoms with van der Waals surface area (Å²) in [4.78, 5) is 19.5. The number of aromatic nitrogens is 2. The number of aliphatic hydroxyl groups is 2. The minimum atomic E-state index is -0.883. The molecule has 0 saturated carbocycles. The number of unbranched alkanes of at least 4 members (excludes halogenated alkanes) is 1. The number of rotatable bonds is 12. The van der Waals surface area contributed by atoms with E-state index in [-0.39, 0.29) is 35.7 Å². The highest BCUT2D eigenvalue weighted by atomic mass is 35.5. The zero-order valence-electron chi connectivity index (χ0n) is 16.8. The number of halogens is 1. The van der Waals surface area contributed by atoms with Crippen LogP contribution in [0.25, 0.3) is 0 Å². The Morgan fingerprint density at radius 3 is 2.68 bits per heavy atom. The number of nitrogens with one attached hydrogen (secondary N) is 2. The van der Waals surface area contributed by atoms with Gasteiger partial charge in [0.25, 0.3) is 5.91 Å². The summed E-state index contributed by atoms with van der Waals surface area (Å²) in [6.07, 6.45) is 3.01. The number of hydrazone groups is 1. The molecular formula is C19H26ClN7O4. The maximum absolute atomic E-state index is 12.0. The van der Waals surface area contributed by atoms with Gasteiger partial charge < -0.3 is 37.2 Å². The van der Waals surface area contributed by atoms with Crippen molar-refractivity contribution in [2.24, 2.45) is 5.10 Å². The fourth-order valence-electron chi connectivity index (χ4n) is 2.41. The zero-order chi connectivity index (χ0) is 22.6. The molecule has 2 aromatic rings. The molecule has 1 heterocycles. The average molecular weight is 452 g/mol. The van der Waals surface area contributed by atoms with Crippen molar-refractivity contribution < 1.29 is 19.7 Å². The first-order chi connectivity index (χ1) is 14.9. The topological polar surface area (TPSA) is 181 Å². The van der Waals surface area contributed by atoms with Gasteiger partial charge in [-0.15, -0.1) is 0 Å². The lowest BCUT2D eigenvalue weighted by atomic mass is 10.1. The van der Waals surface area contributed by atoms with Crippen LogP contribution in [0.3, 0.4) is 0 Å². The van der Waals surface area contributed by atoms with Gasteiger partial charge in [0.15, 0.2) is 22.5 Å². The number of carbonyl (C=O) groups excluding carboxylic acids is 1. The summed E-state index contributed by atoms with van der Waals surface area (Å²) in [5.41, 5.74) is 14.9. The van der Waals surface area contributed by atoms with E-state index in [1.54, 1.807) is 0 Å². The SMILES string of the molecule is Nc1nc(N)c(C(=O)N/C=N/NCCCCc2ccc(OCC(O)CO)cc2)nc1Cl. The van der Waals surface area contributed by atoms with Gasteiger partial charge >= 0.3 is 0 Å². The molecule has 11 nitrogen and oxygen atoms in total. The molecule has 2 rings (SSSR count). The van der Waals surface area contributed by atoms with Crippen LogP contribution < -0.4 is 26.9 Å². The van der Waals surface area contributed by atoms with Crippen LogP contribution in [0.1, 0.15) is 28.9 Å². The van der Waals surface area contributed by atoms with Crippen molar-refractivity contribution in [1.29, 1.82) is 0 Å². The first-order valence-electron chi connectivity index (χ1n) is 9.55. The lowest BCUT2D eigenvalue weighted by Gasteiger charge is -2.10. The number of carbonyl (C=O) groups is 1. The molecule has 0 fully saturated rings. The number of hydrogen-bond donors (Lipinski definition) is 6. The first-order valence-corrected chi connectivity index (χ1v) is 9.93. The summed E-state index contributed by atoms with van der Waals surface area (Å²) >= 11 is 5.74. The van der Waals surface area contributed by atoms with Gasteiger partial charge in [0.1, 0.15) is 24.8 Å². The van der Waals surface area contributed by atoms with E-state index < -0.39 is 12.0 Å². The van der Waals surface area contributed by atoms with E-state index in [0.717, 1.165) is 24.8 Å². The second kappa shape index (κ2) is 12.5. The van der Waals surface area contributed by atoms with E-state index in [1.807, 2.05) is 24.3 Å². The summed E-state index contributed by atoms with van der Waals surface area (Å²) in [7, 11) is 0. The van der Waals surface area contributed by atoms with E-state index in [1.165, 1.54) is 6.34 Å². The van der Waals surface area contributed by atoms with Gasteiger partial charge in [0, 0.05) is 6.54 Å². The number of aryl methyl sites for hydroxylation is 1. The standard InChI is InChI=1S/C19H26ClN7O4/c20-16-18(22)27-17(21)15(26-16)19(30)23-11-25-24-8-2-1-3-12-4-6-14(7-5-12)31-10-13(29)9-28/h4-7,11,13,24,28-29H,1-3,8-10H2,(H4,21,22,27)(H,23,25,30). The van der Waals surface area contributed by atoms with Gasteiger partial charge in [0.2, 0.25) is 0 Å². The third-order valence-electron chi connectivity index (χ3n) is 4.05. The maximum Gasteiger partial charge on any atom is 0.278 e. The minimum Gasteiger partial charge on any atom is -0.491 e. The molecule has 0 spiro atoms. The Hall–Kier alpha value is -3.15. The number of hydrogen-bond acceptors (Lipinski definition) is 10. The van der Waals surface area contributed by atoms with Gasteiger partial charge in [-0.3, -0.25) is 4.79 Å². The Balaban J connectivity index is 1.61. The van der Waals surface area contributed by atoms with Gasteiger partial charge in [-0.05, 0) is 37.0 Å². The first kappa shape index (κ1) is 24.1. The van der Waals surface area contributed by atoms with E-state index in [4.69, 9.17) is 32.9 Å². The van der Waals surface area contributed by atoms with Crippen molar-refractivity contribution in [3.63, 3.8) is 0 Å². The Kier molecular flexibility index (Phi) is 9.75. The summed E-state index contributed by atoms with van der Waals surface area (Å²) in [6, 6.07) is 7.58. The molecule has 0 saturated heterocycles. The minimum absolute atomic E-state index is 0.0480. The number of nitrogens with two attached hydrogens (primary N) is 2. The fraction of sp³-hybridized carbons (Fsp3) is 0.368. The average Bonchev–Trinajstić information content (AvgIpc) is 2.76. The molecule has 0 aliphatic heterocycles. The Bertz CT molecular complexity index is 880. The van der Waals surface area contributed by atoms with Gasteiger partial charge in [0.05, 0.1) is 6.61 Å². The highest BCUT2D eigenvalue weighted by Crippen LogP contribution is 2.17. The Morgan fingerprint density at radius 1 is 1.23 bits per heavy atom. The molecule has 0 aliphatic rings. The summed E-state index contributed by atoms with van der Waals surface area (Å²) in [5.74, 6) is -0.129. The highest BCUT2D eigenvalue weighted by molar-refractivity contribution is 6.31. The number of ether oxygens (including phenoxy) is 1. The van der Waals surface area contributed by atoms with Gasteiger partial charge in [-0.1, -0.05) is 23.7 Å². The molecule has 1 aromatic carbocycles. The molecule has 8 N–H and O–H groups in total. The lowest BCUT2D eigenvalue weighted by Crippen LogP contribution is -2.26. The number of benzene rings is 1. The maximum atomic E-state index is 12.0. The molecule has 1 aromatic heterocycles. The molecule has 12 heteroatoms. The van der Waals surface area contributed by atoms with Crippen LogP contribution in [-0.2, 0) is 6.42 Å². The molecule has 0 aliphatic carbocycles. The fourth-order valence-corrected chi connectivity index (χ4v) is 2.54. The zero-order valence-corrected chi connectivity index (χ0v) is 17.5. The van der Waals surface area contributed by atoms with Crippen molar-refractivity contribution in [1.82, 2.24) is 20.7 Å². The van der Waals surface area contributed by atoms with Gasteiger partial charge in [-0.2, -0.15) is 5.10 Å². The Morgan fingerprint density at radius 2 is 1.97 bits per heavy atom. The molecule has 1 atom stereocenters. The second-order valence-electron chi connectivity index (χ2n) is 6.52. The molecule has 1 amide bonds. The molecule has 31 heavy (non-hydrogen) atoms.